The average Bonchev–Trinajstić information content (AvgIpc) is 2.49. The first-order valence-electron chi connectivity index (χ1n) is 5.32. The van der Waals surface area contributed by atoms with Crippen LogP contribution in [0.2, 0.25) is 0 Å². The van der Waals surface area contributed by atoms with Crippen LogP contribution in [0.15, 0.2) is 0 Å². The van der Waals surface area contributed by atoms with Crippen LogP contribution >= 0.6 is 11.8 Å². The zero-order valence-electron chi connectivity index (χ0n) is 8.64. The first-order chi connectivity index (χ1) is 6.70. The van der Waals surface area contributed by atoms with Crippen LogP contribution in [0, 0.1) is 0 Å². The van der Waals surface area contributed by atoms with Gasteiger partial charge in [-0.3, -0.25) is 4.79 Å². The maximum absolute atomic E-state index is 10.9. The molecule has 2 saturated heterocycles. The Bertz CT molecular complexity index is 226. The highest BCUT2D eigenvalue weighted by molar-refractivity contribution is 8.01. The molecule has 0 radical (unpaired) electrons. The molecule has 2 aliphatic heterocycles. The van der Waals surface area contributed by atoms with E-state index in [9.17, 15) is 4.79 Å². The lowest BCUT2D eigenvalue weighted by Crippen LogP contribution is -2.40. The van der Waals surface area contributed by atoms with E-state index in [1.807, 2.05) is 0 Å². The molecule has 3 nitrogen and oxygen atoms in total. The standard InChI is InChI=1S/C10H18N2OS/c1-8(13)12-9-6-10(14-7-9)2-4-11-5-3-10/h9,11H,2-7H2,1H3,(H,12,13). The lowest BCUT2D eigenvalue weighted by molar-refractivity contribution is -0.119. The lowest BCUT2D eigenvalue weighted by atomic mass is 9.91. The smallest absolute Gasteiger partial charge is 0.217 e. The Morgan fingerprint density at radius 2 is 2.21 bits per heavy atom. The van der Waals surface area contributed by atoms with Crippen LogP contribution in [0.3, 0.4) is 0 Å². The Hall–Kier alpha value is -0.220. The molecule has 0 aliphatic carbocycles. The van der Waals surface area contributed by atoms with Gasteiger partial charge < -0.3 is 10.6 Å². The Kier molecular flexibility index (Phi) is 3.02. The van der Waals surface area contributed by atoms with Crippen molar-refractivity contribution in [1.29, 1.82) is 0 Å². The first kappa shape index (κ1) is 10.3. The van der Waals surface area contributed by atoms with Gasteiger partial charge in [0.25, 0.3) is 0 Å². The number of piperidine rings is 1. The normalized spacial score (nSPS) is 30.5. The van der Waals surface area contributed by atoms with Crippen LogP contribution in [0.25, 0.3) is 0 Å². The fourth-order valence-corrected chi connectivity index (χ4v) is 4.02. The summed E-state index contributed by atoms with van der Waals surface area (Å²) >= 11 is 2.06. The lowest BCUT2D eigenvalue weighted by Gasteiger charge is -2.33. The average molecular weight is 214 g/mol. The van der Waals surface area contributed by atoms with Gasteiger partial charge in [-0.25, -0.2) is 0 Å². The predicted molar refractivity (Wildman–Crippen MR) is 59.5 cm³/mol. The predicted octanol–water partition coefficient (Wildman–Crippen LogP) is 0.750. The van der Waals surface area contributed by atoms with E-state index in [0.717, 1.165) is 18.8 Å². The molecule has 1 amide bonds. The molecule has 2 heterocycles. The van der Waals surface area contributed by atoms with Crippen molar-refractivity contribution in [3.63, 3.8) is 0 Å². The largest absolute Gasteiger partial charge is 0.353 e. The van der Waals surface area contributed by atoms with Gasteiger partial charge in [0.15, 0.2) is 0 Å². The molecular weight excluding hydrogens is 196 g/mol. The minimum absolute atomic E-state index is 0.113. The fourth-order valence-electron chi connectivity index (χ4n) is 2.46. The summed E-state index contributed by atoms with van der Waals surface area (Å²) in [6, 6.07) is 0.413. The summed E-state index contributed by atoms with van der Waals surface area (Å²) in [6.45, 7) is 3.89. The number of hydrogen-bond donors (Lipinski definition) is 2. The van der Waals surface area contributed by atoms with Gasteiger partial charge in [0.2, 0.25) is 5.91 Å². The van der Waals surface area contributed by atoms with E-state index in [4.69, 9.17) is 0 Å². The van der Waals surface area contributed by atoms with Crippen molar-refractivity contribution in [2.75, 3.05) is 18.8 Å². The Labute approximate surface area is 89.4 Å². The number of nitrogens with one attached hydrogen (secondary N) is 2. The third-order valence-corrected chi connectivity index (χ3v) is 4.89. The number of hydrogen-bond acceptors (Lipinski definition) is 3. The molecule has 2 rings (SSSR count). The van der Waals surface area contributed by atoms with Gasteiger partial charge in [-0.2, -0.15) is 11.8 Å². The molecule has 0 aromatic heterocycles. The molecule has 2 fully saturated rings. The van der Waals surface area contributed by atoms with Crippen LogP contribution < -0.4 is 10.6 Å². The molecule has 1 atom stereocenters. The van der Waals surface area contributed by atoms with Crippen molar-refractivity contribution in [1.82, 2.24) is 10.6 Å². The van der Waals surface area contributed by atoms with Crippen LogP contribution in [0.4, 0.5) is 0 Å². The Morgan fingerprint density at radius 1 is 1.50 bits per heavy atom. The highest BCUT2D eigenvalue weighted by atomic mass is 32.2. The molecule has 1 spiro atoms. The Morgan fingerprint density at radius 3 is 2.86 bits per heavy atom. The van der Waals surface area contributed by atoms with Gasteiger partial charge in [0.1, 0.15) is 0 Å². The molecule has 1 unspecified atom stereocenters. The van der Waals surface area contributed by atoms with Gasteiger partial charge in [-0.15, -0.1) is 0 Å². The topological polar surface area (TPSA) is 41.1 Å². The highest BCUT2D eigenvalue weighted by Crippen LogP contribution is 2.44. The first-order valence-corrected chi connectivity index (χ1v) is 6.31. The van der Waals surface area contributed by atoms with Crippen molar-refractivity contribution in [2.45, 2.75) is 37.0 Å². The quantitative estimate of drug-likeness (QED) is 0.677. The van der Waals surface area contributed by atoms with Crippen molar-refractivity contribution in [3.8, 4) is 0 Å². The van der Waals surface area contributed by atoms with E-state index in [1.54, 1.807) is 6.92 Å². The van der Waals surface area contributed by atoms with Crippen LogP contribution in [0.1, 0.15) is 26.2 Å². The summed E-state index contributed by atoms with van der Waals surface area (Å²) in [5.74, 6) is 1.21. The second kappa shape index (κ2) is 4.11. The van der Waals surface area contributed by atoms with Crippen LogP contribution in [-0.2, 0) is 4.79 Å². The highest BCUT2D eigenvalue weighted by Gasteiger charge is 2.40. The van der Waals surface area contributed by atoms with Gasteiger partial charge in [0.05, 0.1) is 0 Å². The monoisotopic (exact) mass is 214 g/mol. The van der Waals surface area contributed by atoms with E-state index in [0.29, 0.717) is 10.8 Å². The Balaban J connectivity index is 1.89. The van der Waals surface area contributed by atoms with Crippen LogP contribution in [0.5, 0.6) is 0 Å². The summed E-state index contributed by atoms with van der Waals surface area (Å²) in [5.41, 5.74) is 0. The van der Waals surface area contributed by atoms with E-state index < -0.39 is 0 Å². The molecule has 2 aliphatic rings. The SMILES string of the molecule is CC(=O)NC1CSC2(CCNCC2)C1. The van der Waals surface area contributed by atoms with E-state index in [2.05, 4.69) is 22.4 Å². The summed E-state index contributed by atoms with van der Waals surface area (Å²) < 4.78 is 0.471. The molecule has 80 valence electrons. The second-order valence-electron chi connectivity index (χ2n) is 4.35. The molecular formula is C10H18N2OS. The maximum atomic E-state index is 10.9. The number of carbonyl (C=O) groups is 1. The van der Waals surface area contributed by atoms with Crippen molar-refractivity contribution in [2.24, 2.45) is 0 Å². The number of amides is 1. The summed E-state index contributed by atoms with van der Waals surface area (Å²) in [4.78, 5) is 10.9. The molecule has 0 aromatic carbocycles. The summed E-state index contributed by atoms with van der Waals surface area (Å²) in [6.07, 6.45) is 3.68. The molecule has 2 N–H and O–H groups in total. The molecule has 4 heteroatoms. The van der Waals surface area contributed by atoms with Crippen molar-refractivity contribution in [3.05, 3.63) is 0 Å². The van der Waals surface area contributed by atoms with Gasteiger partial charge in [-0.05, 0) is 32.4 Å². The van der Waals surface area contributed by atoms with E-state index in [-0.39, 0.29) is 5.91 Å². The minimum Gasteiger partial charge on any atom is -0.353 e. The minimum atomic E-state index is 0.113. The van der Waals surface area contributed by atoms with E-state index in [1.165, 1.54) is 19.3 Å². The molecule has 14 heavy (non-hydrogen) atoms. The number of carbonyl (C=O) groups excluding carboxylic acids is 1. The molecule has 0 saturated carbocycles. The third-order valence-electron chi connectivity index (χ3n) is 3.13. The number of rotatable bonds is 1. The van der Waals surface area contributed by atoms with Gasteiger partial charge >= 0.3 is 0 Å². The summed E-state index contributed by atoms with van der Waals surface area (Å²) in [7, 11) is 0. The van der Waals surface area contributed by atoms with E-state index >= 15 is 0 Å². The van der Waals surface area contributed by atoms with Crippen LogP contribution in [-0.4, -0.2) is 35.5 Å². The fraction of sp³-hybridized carbons (Fsp3) is 0.900. The van der Waals surface area contributed by atoms with Gasteiger partial charge in [0, 0.05) is 23.5 Å². The maximum Gasteiger partial charge on any atom is 0.217 e. The number of thioether (sulfide) groups is 1. The molecule has 0 aromatic rings. The zero-order valence-corrected chi connectivity index (χ0v) is 9.45. The van der Waals surface area contributed by atoms with Gasteiger partial charge in [-0.1, -0.05) is 0 Å². The molecule has 0 bridgehead atoms. The third kappa shape index (κ3) is 2.23. The summed E-state index contributed by atoms with van der Waals surface area (Å²) in [5, 5.41) is 6.42. The van der Waals surface area contributed by atoms with Crippen molar-refractivity contribution >= 4 is 17.7 Å². The zero-order chi connectivity index (χ0) is 10.0. The van der Waals surface area contributed by atoms with Crippen molar-refractivity contribution < 1.29 is 4.79 Å². The second-order valence-corrected chi connectivity index (χ2v) is 5.83.